The van der Waals surface area contributed by atoms with E-state index in [9.17, 15) is 0 Å². The van der Waals surface area contributed by atoms with E-state index in [1.54, 1.807) is 14.2 Å². The Labute approximate surface area is 177 Å². The van der Waals surface area contributed by atoms with Crippen molar-refractivity contribution in [3.8, 4) is 0 Å². The molecule has 0 aliphatic heterocycles. The molecule has 5 aromatic carbocycles. The van der Waals surface area contributed by atoms with E-state index in [-0.39, 0.29) is 0 Å². The first-order valence-electron chi connectivity index (χ1n) is 10.2. The van der Waals surface area contributed by atoms with Crippen LogP contribution in [0, 0.1) is 0 Å². The van der Waals surface area contributed by atoms with Crippen LogP contribution >= 0.6 is 0 Å². The molecule has 0 saturated carbocycles. The molecule has 0 amide bonds. The second kappa shape index (κ2) is 9.53. The third kappa shape index (κ3) is 4.20. The van der Waals surface area contributed by atoms with Crippen molar-refractivity contribution in [1.82, 2.24) is 0 Å². The lowest BCUT2D eigenvalue weighted by atomic mass is 9.97. The van der Waals surface area contributed by atoms with Gasteiger partial charge in [-0.1, -0.05) is 91.0 Å². The quantitative estimate of drug-likeness (QED) is 0.302. The molecule has 0 bridgehead atoms. The van der Waals surface area contributed by atoms with Crippen molar-refractivity contribution in [2.75, 3.05) is 14.2 Å². The van der Waals surface area contributed by atoms with Gasteiger partial charge in [0.1, 0.15) is 0 Å². The molecular weight excluding hydrogens is 368 g/mol. The Morgan fingerprint density at radius 2 is 1.00 bits per heavy atom. The summed E-state index contributed by atoms with van der Waals surface area (Å²) in [4.78, 5) is 0. The number of benzene rings is 5. The van der Waals surface area contributed by atoms with E-state index < -0.39 is 0 Å². The molecule has 0 N–H and O–H groups in total. The minimum atomic E-state index is 0.655. The summed E-state index contributed by atoms with van der Waals surface area (Å²) >= 11 is 0. The van der Waals surface area contributed by atoms with E-state index in [1.807, 2.05) is 0 Å². The van der Waals surface area contributed by atoms with Crippen LogP contribution in [-0.4, -0.2) is 14.2 Å². The molecule has 0 heterocycles. The second-order valence-electron chi connectivity index (χ2n) is 7.30. The van der Waals surface area contributed by atoms with Crippen LogP contribution < -0.4 is 0 Å². The summed E-state index contributed by atoms with van der Waals surface area (Å²) in [5, 5.41) is 7.68. The highest BCUT2D eigenvalue weighted by atomic mass is 16.5. The van der Waals surface area contributed by atoms with Gasteiger partial charge in [0.05, 0.1) is 13.2 Å². The molecule has 0 fully saturated rings. The molecule has 2 heteroatoms. The SMILES string of the molecule is COCc1c2ccccc2cc2ccccc12.COCc1cccc2ccccc12. The number of hydrogen-bond acceptors (Lipinski definition) is 2. The van der Waals surface area contributed by atoms with E-state index >= 15 is 0 Å². The fraction of sp³-hybridized carbons (Fsp3) is 0.143. The Morgan fingerprint density at radius 1 is 0.500 bits per heavy atom. The van der Waals surface area contributed by atoms with Crippen LogP contribution in [0.5, 0.6) is 0 Å². The number of fused-ring (bicyclic) bond motifs is 3. The predicted octanol–water partition coefficient (Wildman–Crippen LogP) is 7.13. The molecule has 30 heavy (non-hydrogen) atoms. The van der Waals surface area contributed by atoms with Gasteiger partial charge in [-0.25, -0.2) is 0 Å². The van der Waals surface area contributed by atoms with Crippen molar-refractivity contribution in [1.29, 1.82) is 0 Å². The van der Waals surface area contributed by atoms with Gasteiger partial charge >= 0.3 is 0 Å². The fourth-order valence-electron chi connectivity index (χ4n) is 3.98. The lowest BCUT2D eigenvalue weighted by Gasteiger charge is -2.10. The second-order valence-corrected chi connectivity index (χ2v) is 7.30. The van der Waals surface area contributed by atoms with E-state index in [2.05, 4.69) is 97.1 Å². The molecule has 0 atom stereocenters. The molecule has 5 aromatic rings. The third-order valence-corrected chi connectivity index (χ3v) is 5.35. The van der Waals surface area contributed by atoms with E-state index in [1.165, 1.54) is 43.4 Å². The fourth-order valence-corrected chi connectivity index (χ4v) is 3.98. The van der Waals surface area contributed by atoms with Gasteiger partial charge in [0.25, 0.3) is 0 Å². The molecule has 0 aliphatic rings. The minimum absolute atomic E-state index is 0.655. The van der Waals surface area contributed by atoms with Crippen molar-refractivity contribution < 1.29 is 9.47 Å². The van der Waals surface area contributed by atoms with Crippen LogP contribution in [0.15, 0.2) is 97.1 Å². The summed E-state index contributed by atoms with van der Waals surface area (Å²) in [6.45, 7) is 1.34. The normalized spacial score (nSPS) is 10.9. The van der Waals surface area contributed by atoms with E-state index in [0.717, 1.165) is 0 Å². The third-order valence-electron chi connectivity index (χ3n) is 5.35. The number of ether oxygens (including phenoxy) is 2. The highest BCUT2D eigenvalue weighted by Gasteiger charge is 2.06. The first kappa shape index (κ1) is 20.1. The molecule has 0 unspecified atom stereocenters. The predicted molar refractivity (Wildman–Crippen MR) is 127 cm³/mol. The summed E-state index contributed by atoms with van der Waals surface area (Å²) in [5.41, 5.74) is 2.53. The standard InChI is InChI=1S/C16H14O.C12H12O/c1-17-11-16-14-8-4-2-6-12(14)10-13-7-3-5-9-15(13)16;1-13-9-11-7-4-6-10-5-2-3-8-12(10)11/h2-10H,11H2,1H3;2-8H,9H2,1H3. The Bertz CT molecular complexity index is 1210. The monoisotopic (exact) mass is 394 g/mol. The Hall–Kier alpha value is -3.20. The van der Waals surface area contributed by atoms with Crippen LogP contribution in [0.3, 0.4) is 0 Å². The zero-order chi connectivity index (χ0) is 20.8. The average Bonchev–Trinajstić information content (AvgIpc) is 2.80. The summed E-state index contributed by atoms with van der Waals surface area (Å²) in [7, 11) is 3.47. The van der Waals surface area contributed by atoms with Gasteiger partial charge < -0.3 is 9.47 Å². The zero-order valence-corrected chi connectivity index (χ0v) is 17.5. The first-order valence-corrected chi connectivity index (χ1v) is 10.2. The lowest BCUT2D eigenvalue weighted by molar-refractivity contribution is 0.186. The smallest absolute Gasteiger partial charge is 0.0725 e. The van der Waals surface area contributed by atoms with Crippen molar-refractivity contribution >= 4 is 32.3 Å². The van der Waals surface area contributed by atoms with Crippen LogP contribution in [0.4, 0.5) is 0 Å². The van der Waals surface area contributed by atoms with Gasteiger partial charge in [0.15, 0.2) is 0 Å². The molecule has 0 spiro atoms. The summed E-state index contributed by atoms with van der Waals surface area (Å²) in [5.74, 6) is 0. The van der Waals surface area contributed by atoms with E-state index in [4.69, 9.17) is 9.47 Å². The van der Waals surface area contributed by atoms with Gasteiger partial charge in [0, 0.05) is 14.2 Å². The molecule has 0 aromatic heterocycles. The molecule has 0 saturated heterocycles. The van der Waals surface area contributed by atoms with Crippen molar-refractivity contribution in [2.45, 2.75) is 13.2 Å². The number of rotatable bonds is 4. The minimum Gasteiger partial charge on any atom is -0.380 e. The first-order chi connectivity index (χ1) is 14.8. The van der Waals surface area contributed by atoms with Crippen LogP contribution in [0.25, 0.3) is 32.3 Å². The maximum atomic E-state index is 5.34. The zero-order valence-electron chi connectivity index (χ0n) is 17.5. The molecular formula is C28H26O2. The molecule has 150 valence electrons. The maximum absolute atomic E-state index is 5.34. The number of methoxy groups -OCH3 is 2. The Kier molecular flexibility index (Phi) is 6.38. The molecule has 0 aliphatic carbocycles. The van der Waals surface area contributed by atoms with Gasteiger partial charge in [0.2, 0.25) is 0 Å². The molecule has 5 rings (SSSR count). The van der Waals surface area contributed by atoms with Crippen LogP contribution in [0.1, 0.15) is 11.1 Å². The summed E-state index contributed by atoms with van der Waals surface area (Å²) in [6, 6.07) is 33.8. The molecule has 2 nitrogen and oxygen atoms in total. The van der Waals surface area contributed by atoms with Gasteiger partial charge in [-0.15, -0.1) is 0 Å². The summed E-state index contributed by atoms with van der Waals surface area (Å²) in [6.07, 6.45) is 0. The van der Waals surface area contributed by atoms with Crippen molar-refractivity contribution in [3.63, 3.8) is 0 Å². The number of hydrogen-bond donors (Lipinski definition) is 0. The Balaban J connectivity index is 0.000000151. The van der Waals surface area contributed by atoms with Crippen LogP contribution in [-0.2, 0) is 22.7 Å². The topological polar surface area (TPSA) is 18.5 Å². The highest BCUT2D eigenvalue weighted by Crippen LogP contribution is 2.28. The van der Waals surface area contributed by atoms with Crippen molar-refractivity contribution in [3.05, 3.63) is 108 Å². The maximum Gasteiger partial charge on any atom is 0.0725 e. The Morgan fingerprint density at radius 3 is 1.60 bits per heavy atom. The van der Waals surface area contributed by atoms with Gasteiger partial charge in [-0.3, -0.25) is 0 Å². The van der Waals surface area contributed by atoms with Gasteiger partial charge in [-0.2, -0.15) is 0 Å². The highest BCUT2D eigenvalue weighted by molar-refractivity contribution is 6.02. The van der Waals surface area contributed by atoms with Crippen LogP contribution in [0.2, 0.25) is 0 Å². The van der Waals surface area contributed by atoms with Gasteiger partial charge in [-0.05, 0) is 49.5 Å². The largest absolute Gasteiger partial charge is 0.380 e. The summed E-state index contributed by atoms with van der Waals surface area (Å²) < 4.78 is 10.5. The van der Waals surface area contributed by atoms with Crippen molar-refractivity contribution in [2.24, 2.45) is 0 Å². The lowest BCUT2D eigenvalue weighted by Crippen LogP contribution is -1.91. The van der Waals surface area contributed by atoms with E-state index in [0.29, 0.717) is 13.2 Å². The molecule has 0 radical (unpaired) electrons. The average molecular weight is 395 g/mol.